The number of sulfonamides is 1. The monoisotopic (exact) mass is 368 g/mol. The predicted octanol–water partition coefficient (Wildman–Crippen LogP) is 4.08. The minimum absolute atomic E-state index is 0.325. The van der Waals surface area contributed by atoms with Gasteiger partial charge in [0.1, 0.15) is 4.90 Å². The first-order valence-corrected chi connectivity index (χ1v) is 10.7. The van der Waals surface area contributed by atoms with Gasteiger partial charge in [0.05, 0.1) is 5.52 Å². The molecule has 0 spiro atoms. The van der Waals surface area contributed by atoms with E-state index in [-0.39, 0.29) is 0 Å². The molecule has 0 atom stereocenters. The van der Waals surface area contributed by atoms with E-state index in [9.17, 15) is 8.42 Å². The fraction of sp³-hybridized carbons (Fsp3) is 0.381. The summed E-state index contributed by atoms with van der Waals surface area (Å²) in [6.45, 7) is 3.12. The van der Waals surface area contributed by atoms with Crippen molar-refractivity contribution in [3.63, 3.8) is 0 Å². The van der Waals surface area contributed by atoms with Crippen LogP contribution in [0.1, 0.15) is 24.8 Å². The lowest BCUT2D eigenvalue weighted by Gasteiger charge is -2.34. The molecule has 0 radical (unpaired) electrons. The zero-order valence-electron chi connectivity index (χ0n) is 15.0. The number of rotatable bonds is 3. The highest BCUT2D eigenvalue weighted by atomic mass is 32.2. The van der Waals surface area contributed by atoms with Crippen molar-refractivity contribution in [3.05, 3.63) is 60.3 Å². The highest BCUT2D eigenvalue weighted by Gasteiger charge is 2.32. The number of hydrogen-bond donors (Lipinski definition) is 0. The second-order valence-corrected chi connectivity index (χ2v) is 9.16. The Hall–Kier alpha value is -1.98. The van der Waals surface area contributed by atoms with Gasteiger partial charge in [-0.1, -0.05) is 36.4 Å². The molecule has 4 nitrogen and oxygen atoms in total. The number of hydrogen-bond acceptors (Lipinski definition) is 3. The molecule has 136 valence electrons. The average molecular weight is 369 g/mol. The lowest BCUT2D eigenvalue weighted by molar-refractivity contribution is 0.250. The Morgan fingerprint density at radius 3 is 2.58 bits per heavy atom. The van der Waals surface area contributed by atoms with Crippen molar-refractivity contribution < 1.29 is 8.42 Å². The van der Waals surface area contributed by atoms with Gasteiger partial charge in [-0.2, -0.15) is 4.31 Å². The minimum Gasteiger partial charge on any atom is -0.255 e. The highest BCUT2D eigenvalue weighted by Crippen LogP contribution is 2.32. The summed E-state index contributed by atoms with van der Waals surface area (Å²) in [7, 11) is -3.52. The minimum atomic E-state index is -3.52. The van der Waals surface area contributed by atoms with Crippen molar-refractivity contribution in [3.8, 4) is 0 Å². The summed E-state index contributed by atoms with van der Waals surface area (Å²) in [5, 5.41) is 0.874. The van der Waals surface area contributed by atoms with Crippen molar-refractivity contribution in [1.29, 1.82) is 0 Å². The molecule has 0 amide bonds. The van der Waals surface area contributed by atoms with Gasteiger partial charge < -0.3 is 0 Å². The molecular formula is C21H24N2O2S. The number of piperidine rings is 1. The number of pyridine rings is 1. The molecule has 1 fully saturated rings. The maximum Gasteiger partial charge on any atom is 0.245 e. The first-order valence-electron chi connectivity index (χ1n) is 9.24. The van der Waals surface area contributed by atoms with Crippen LogP contribution in [-0.2, 0) is 10.0 Å². The summed E-state index contributed by atoms with van der Waals surface area (Å²) in [5.41, 5.74) is 1.60. The molecular weight excluding hydrogens is 344 g/mol. The van der Waals surface area contributed by atoms with Crippen molar-refractivity contribution in [1.82, 2.24) is 9.29 Å². The average Bonchev–Trinajstić information content (AvgIpc) is 2.68. The summed E-state index contributed by atoms with van der Waals surface area (Å²) < 4.78 is 28.1. The molecule has 2 aliphatic rings. The summed E-state index contributed by atoms with van der Waals surface area (Å²) in [6, 6.07) is 7.39. The van der Waals surface area contributed by atoms with Crippen LogP contribution in [-0.4, -0.2) is 30.8 Å². The lowest BCUT2D eigenvalue weighted by Crippen LogP contribution is -2.39. The smallest absolute Gasteiger partial charge is 0.245 e. The molecule has 0 saturated carbocycles. The van der Waals surface area contributed by atoms with Crippen LogP contribution in [0.4, 0.5) is 0 Å². The molecule has 0 N–H and O–H groups in total. The zero-order chi connectivity index (χ0) is 18.1. The van der Waals surface area contributed by atoms with E-state index < -0.39 is 10.0 Å². The van der Waals surface area contributed by atoms with Crippen LogP contribution in [0.5, 0.6) is 0 Å². The summed E-state index contributed by atoms with van der Waals surface area (Å²) in [4.78, 5) is 4.73. The second kappa shape index (κ2) is 6.97. The van der Waals surface area contributed by atoms with Crippen molar-refractivity contribution in [2.75, 3.05) is 13.1 Å². The van der Waals surface area contributed by atoms with E-state index >= 15 is 0 Å². The van der Waals surface area contributed by atoms with Gasteiger partial charge in [-0.3, -0.25) is 4.98 Å². The SMILES string of the molecule is Cc1cnc2c(S(=O)(=O)N3CCC(C4C=CCC=C4)CC3)cccc2c1. The second-order valence-electron chi connectivity index (χ2n) is 7.25. The molecule has 2 heterocycles. The summed E-state index contributed by atoms with van der Waals surface area (Å²) >= 11 is 0. The molecule has 1 aromatic heterocycles. The quantitative estimate of drug-likeness (QED) is 0.767. The van der Waals surface area contributed by atoms with E-state index in [1.807, 2.05) is 19.1 Å². The van der Waals surface area contributed by atoms with E-state index in [1.54, 1.807) is 22.6 Å². The van der Waals surface area contributed by atoms with Crippen LogP contribution < -0.4 is 0 Å². The van der Waals surface area contributed by atoms with Gasteiger partial charge in [0.25, 0.3) is 0 Å². The maximum absolute atomic E-state index is 13.2. The summed E-state index contributed by atoms with van der Waals surface area (Å²) in [6.07, 6.45) is 13.5. The predicted molar refractivity (Wildman–Crippen MR) is 104 cm³/mol. The number of benzene rings is 1. The first-order chi connectivity index (χ1) is 12.6. The van der Waals surface area contributed by atoms with Crippen LogP contribution in [0.15, 0.2) is 59.7 Å². The van der Waals surface area contributed by atoms with Crippen molar-refractivity contribution in [2.45, 2.75) is 31.1 Å². The van der Waals surface area contributed by atoms with Gasteiger partial charge in [-0.05, 0) is 55.7 Å². The van der Waals surface area contributed by atoms with E-state index in [0.717, 1.165) is 30.2 Å². The molecule has 2 aromatic rings. The Morgan fingerprint density at radius 2 is 1.85 bits per heavy atom. The number of allylic oxidation sites excluding steroid dienone is 4. The number of para-hydroxylation sites is 1. The van der Waals surface area contributed by atoms with E-state index in [2.05, 4.69) is 29.3 Å². The van der Waals surface area contributed by atoms with E-state index in [4.69, 9.17) is 0 Å². The van der Waals surface area contributed by atoms with Crippen LogP contribution in [0.2, 0.25) is 0 Å². The van der Waals surface area contributed by atoms with Crippen molar-refractivity contribution in [2.24, 2.45) is 11.8 Å². The lowest BCUT2D eigenvalue weighted by atomic mass is 9.83. The molecule has 1 saturated heterocycles. The molecule has 5 heteroatoms. The fourth-order valence-corrected chi connectivity index (χ4v) is 5.65. The van der Waals surface area contributed by atoms with Crippen molar-refractivity contribution >= 4 is 20.9 Å². The molecule has 26 heavy (non-hydrogen) atoms. The normalized spacial score (nSPS) is 20.0. The maximum atomic E-state index is 13.2. The Balaban J connectivity index is 1.57. The molecule has 1 aliphatic carbocycles. The Morgan fingerprint density at radius 1 is 1.12 bits per heavy atom. The van der Waals surface area contributed by atoms with E-state index in [0.29, 0.717) is 35.3 Å². The van der Waals surface area contributed by atoms with E-state index in [1.165, 1.54) is 0 Å². The third-order valence-corrected chi connectivity index (χ3v) is 7.39. The third kappa shape index (κ3) is 3.21. The van der Waals surface area contributed by atoms with Gasteiger partial charge in [0, 0.05) is 24.7 Å². The number of aromatic nitrogens is 1. The summed E-state index contributed by atoms with van der Waals surface area (Å²) in [5.74, 6) is 0.985. The Bertz CT molecular complexity index is 959. The first kappa shape index (κ1) is 17.4. The van der Waals surface area contributed by atoms with Gasteiger partial charge >= 0.3 is 0 Å². The Labute approximate surface area is 155 Å². The van der Waals surface area contributed by atoms with Crippen LogP contribution >= 0.6 is 0 Å². The highest BCUT2D eigenvalue weighted by molar-refractivity contribution is 7.89. The molecule has 0 unspecified atom stereocenters. The van der Waals surface area contributed by atoms with Gasteiger partial charge in [0.2, 0.25) is 10.0 Å². The zero-order valence-corrected chi connectivity index (χ0v) is 15.8. The Kier molecular flexibility index (Phi) is 4.67. The topological polar surface area (TPSA) is 50.3 Å². The van der Waals surface area contributed by atoms with Gasteiger partial charge in [-0.15, -0.1) is 0 Å². The fourth-order valence-electron chi connectivity index (χ4n) is 4.02. The molecule has 4 rings (SSSR count). The number of fused-ring (bicyclic) bond motifs is 1. The molecule has 0 bridgehead atoms. The van der Waals surface area contributed by atoms with Crippen LogP contribution in [0, 0.1) is 18.8 Å². The molecule has 1 aliphatic heterocycles. The molecule has 1 aromatic carbocycles. The third-order valence-electron chi connectivity index (χ3n) is 5.46. The standard InChI is InChI=1S/C21H24N2O2S/c1-16-14-19-8-5-9-20(21(19)22-15-16)26(24,25)23-12-10-18(11-13-23)17-6-3-2-4-7-17/h3-9,14-15,17-18H,2,10-13H2,1H3. The van der Waals surface area contributed by atoms with Crippen LogP contribution in [0.25, 0.3) is 10.9 Å². The van der Waals surface area contributed by atoms with Gasteiger partial charge in [-0.25, -0.2) is 8.42 Å². The number of nitrogens with zero attached hydrogens (tertiary/aromatic N) is 2. The largest absolute Gasteiger partial charge is 0.255 e. The number of aryl methyl sites for hydroxylation is 1. The van der Waals surface area contributed by atoms with Gasteiger partial charge in [0.15, 0.2) is 0 Å². The van der Waals surface area contributed by atoms with Crippen LogP contribution in [0.3, 0.4) is 0 Å².